The van der Waals surface area contributed by atoms with Gasteiger partial charge in [0.2, 0.25) is 5.91 Å². The van der Waals surface area contributed by atoms with Crippen molar-refractivity contribution in [2.24, 2.45) is 28.9 Å². The number of halogens is 1. The number of nitrogens with one attached hydrogen (secondary N) is 1. The van der Waals surface area contributed by atoms with E-state index in [2.05, 4.69) is 5.32 Å². The van der Waals surface area contributed by atoms with Crippen LogP contribution in [0.4, 0.5) is 0 Å². The van der Waals surface area contributed by atoms with Gasteiger partial charge in [-0.1, -0.05) is 11.6 Å². The summed E-state index contributed by atoms with van der Waals surface area (Å²) in [6.07, 6.45) is 4.70. The molecule has 2 atom stereocenters. The number of hydrogen-bond acceptors (Lipinski definition) is 3. The number of carbonyl (C=O) groups excluding carboxylic acids is 2. The van der Waals surface area contributed by atoms with Crippen LogP contribution in [-0.2, 0) is 9.59 Å². The van der Waals surface area contributed by atoms with Crippen molar-refractivity contribution >= 4 is 23.4 Å². The zero-order chi connectivity index (χ0) is 19.4. The summed E-state index contributed by atoms with van der Waals surface area (Å²) >= 11 is 5.91. The molecule has 1 aromatic carbocycles. The van der Waals surface area contributed by atoms with E-state index >= 15 is 0 Å². The van der Waals surface area contributed by atoms with Crippen LogP contribution in [0.25, 0.3) is 0 Å². The average Bonchev–Trinajstić information content (AvgIpc) is 2.59. The van der Waals surface area contributed by atoms with Crippen LogP contribution in [0, 0.1) is 23.2 Å². The van der Waals surface area contributed by atoms with Crippen molar-refractivity contribution in [2.45, 2.75) is 57.6 Å². The zero-order valence-electron chi connectivity index (χ0n) is 15.8. The van der Waals surface area contributed by atoms with Gasteiger partial charge in [0, 0.05) is 16.5 Å². The lowest BCUT2D eigenvalue weighted by molar-refractivity contribution is -0.150. The van der Waals surface area contributed by atoms with Crippen molar-refractivity contribution in [1.29, 1.82) is 0 Å². The molecule has 1 aromatic rings. The van der Waals surface area contributed by atoms with Crippen molar-refractivity contribution < 1.29 is 14.3 Å². The molecule has 4 aliphatic carbocycles. The number of carbonyl (C=O) groups is 2. The molecule has 146 valence electrons. The van der Waals surface area contributed by atoms with Crippen molar-refractivity contribution in [2.75, 3.05) is 0 Å². The average molecular weight is 391 g/mol. The molecular formula is C21H27ClN2O3. The Bertz CT molecular complexity index is 745. The Kier molecular flexibility index (Phi) is 4.41. The predicted octanol–water partition coefficient (Wildman–Crippen LogP) is 3.29. The second kappa shape index (κ2) is 6.40. The summed E-state index contributed by atoms with van der Waals surface area (Å²) in [6, 6.07) is 7.11. The van der Waals surface area contributed by atoms with Gasteiger partial charge in [-0.05, 0) is 88.0 Å². The van der Waals surface area contributed by atoms with Gasteiger partial charge in [-0.3, -0.25) is 9.59 Å². The molecule has 4 aliphatic rings. The molecule has 3 N–H and O–H groups in total. The van der Waals surface area contributed by atoms with Crippen LogP contribution >= 0.6 is 11.6 Å². The van der Waals surface area contributed by atoms with Gasteiger partial charge in [0.05, 0.1) is 0 Å². The van der Waals surface area contributed by atoms with Gasteiger partial charge in [0.25, 0.3) is 5.91 Å². The third-order valence-corrected chi connectivity index (χ3v) is 7.08. The first-order chi connectivity index (χ1) is 12.7. The summed E-state index contributed by atoms with van der Waals surface area (Å²) < 4.78 is 5.93. The Balaban J connectivity index is 1.45. The van der Waals surface area contributed by atoms with Gasteiger partial charge in [0.15, 0.2) is 5.60 Å². The van der Waals surface area contributed by atoms with Crippen molar-refractivity contribution in [1.82, 2.24) is 5.32 Å². The van der Waals surface area contributed by atoms with E-state index in [4.69, 9.17) is 22.1 Å². The Morgan fingerprint density at radius 2 is 1.74 bits per heavy atom. The maximum absolute atomic E-state index is 13.0. The number of benzene rings is 1. The molecular weight excluding hydrogens is 364 g/mol. The maximum Gasteiger partial charge on any atom is 0.263 e. The molecule has 0 radical (unpaired) electrons. The Hall–Kier alpha value is -1.75. The van der Waals surface area contributed by atoms with Gasteiger partial charge in [-0.2, -0.15) is 0 Å². The smallest absolute Gasteiger partial charge is 0.263 e. The van der Waals surface area contributed by atoms with Crippen molar-refractivity contribution in [3.05, 3.63) is 29.3 Å². The highest BCUT2D eigenvalue weighted by Gasteiger charge is 2.58. The van der Waals surface area contributed by atoms with Crippen molar-refractivity contribution in [3.8, 4) is 5.75 Å². The quantitative estimate of drug-likeness (QED) is 0.809. The fourth-order valence-electron chi connectivity index (χ4n) is 5.73. The minimum Gasteiger partial charge on any atom is -0.478 e. The molecule has 2 unspecified atom stereocenters. The fraction of sp³-hybridized carbons (Fsp3) is 0.619. The lowest BCUT2D eigenvalue weighted by Gasteiger charge is -2.59. The first kappa shape index (κ1) is 18.6. The second-order valence-corrected chi connectivity index (χ2v) is 9.62. The molecule has 0 aliphatic heterocycles. The molecule has 5 rings (SSSR count). The highest BCUT2D eigenvalue weighted by Crippen LogP contribution is 2.59. The molecule has 0 heterocycles. The van der Waals surface area contributed by atoms with Crippen LogP contribution in [-0.4, -0.2) is 23.5 Å². The predicted molar refractivity (Wildman–Crippen MR) is 103 cm³/mol. The third-order valence-electron chi connectivity index (χ3n) is 6.83. The van der Waals surface area contributed by atoms with Gasteiger partial charge in [-0.25, -0.2) is 0 Å². The molecule has 4 bridgehead atoms. The first-order valence-electron chi connectivity index (χ1n) is 9.74. The van der Waals surface area contributed by atoms with Crippen LogP contribution in [0.3, 0.4) is 0 Å². The second-order valence-electron chi connectivity index (χ2n) is 9.18. The minimum atomic E-state index is -0.996. The van der Waals surface area contributed by atoms with Gasteiger partial charge >= 0.3 is 0 Å². The van der Waals surface area contributed by atoms with Crippen LogP contribution in [0.2, 0.25) is 5.02 Å². The lowest BCUT2D eigenvalue weighted by Crippen LogP contribution is -2.63. The van der Waals surface area contributed by atoms with E-state index in [1.54, 1.807) is 38.1 Å². The van der Waals surface area contributed by atoms with E-state index in [0.29, 0.717) is 28.5 Å². The highest BCUT2D eigenvalue weighted by molar-refractivity contribution is 6.30. The van der Waals surface area contributed by atoms with Crippen LogP contribution < -0.4 is 15.8 Å². The molecule has 2 amide bonds. The molecule has 6 heteroatoms. The molecule has 4 saturated carbocycles. The van der Waals surface area contributed by atoms with Crippen LogP contribution in [0.1, 0.15) is 46.0 Å². The summed E-state index contributed by atoms with van der Waals surface area (Å²) in [7, 11) is 0. The molecule has 27 heavy (non-hydrogen) atoms. The lowest BCUT2D eigenvalue weighted by atomic mass is 9.47. The molecule has 5 nitrogen and oxygen atoms in total. The third kappa shape index (κ3) is 3.31. The molecule has 0 aromatic heterocycles. The van der Waals surface area contributed by atoms with E-state index in [9.17, 15) is 9.59 Å². The standard InChI is InChI=1S/C21H27ClN2O3/c1-20(2,27-16-5-3-15(22)4-6-16)19(26)24-17-13-7-12-8-14(17)11-21(9-12,10-13)18(23)25/h3-6,12-14,17H,7-11H2,1-2H3,(H2,23,25)(H,24,26)/t12?,13?,14?,17-,21+. The van der Waals surface area contributed by atoms with Crippen LogP contribution in [0.5, 0.6) is 5.75 Å². The maximum atomic E-state index is 13.0. The van der Waals surface area contributed by atoms with E-state index < -0.39 is 5.60 Å². The van der Waals surface area contributed by atoms with E-state index in [1.807, 2.05) is 0 Å². The molecule has 4 fully saturated rings. The SMILES string of the molecule is CC(C)(Oc1ccc(Cl)cc1)C(=O)N[C@H]1C2CC3CC1C[C@@](C(N)=O)(C3)C2. The van der Waals surface area contributed by atoms with Gasteiger partial charge in [-0.15, -0.1) is 0 Å². The highest BCUT2D eigenvalue weighted by atomic mass is 35.5. The normalized spacial score (nSPS) is 34.3. The first-order valence-corrected chi connectivity index (χ1v) is 10.1. The monoisotopic (exact) mass is 390 g/mol. The Morgan fingerprint density at radius 1 is 1.15 bits per heavy atom. The number of nitrogens with two attached hydrogens (primary N) is 1. The van der Waals surface area contributed by atoms with Gasteiger partial charge in [0.1, 0.15) is 5.75 Å². The summed E-state index contributed by atoms with van der Waals surface area (Å²) in [5.41, 5.74) is 4.41. The van der Waals surface area contributed by atoms with E-state index in [-0.39, 0.29) is 23.3 Å². The van der Waals surface area contributed by atoms with Crippen LogP contribution in [0.15, 0.2) is 24.3 Å². The number of hydrogen-bond donors (Lipinski definition) is 2. The zero-order valence-corrected chi connectivity index (χ0v) is 16.6. The number of amides is 2. The Morgan fingerprint density at radius 3 is 2.30 bits per heavy atom. The number of rotatable bonds is 5. The number of primary amides is 1. The molecule has 0 spiro atoms. The summed E-state index contributed by atoms with van der Waals surface area (Å²) in [5, 5.41) is 3.87. The Labute approximate surface area is 165 Å². The molecule has 0 saturated heterocycles. The summed E-state index contributed by atoms with van der Waals surface area (Å²) in [6.45, 7) is 3.55. The van der Waals surface area contributed by atoms with Gasteiger partial charge < -0.3 is 15.8 Å². The van der Waals surface area contributed by atoms with Crippen molar-refractivity contribution in [3.63, 3.8) is 0 Å². The summed E-state index contributed by atoms with van der Waals surface area (Å²) in [4.78, 5) is 25.1. The summed E-state index contributed by atoms with van der Waals surface area (Å²) in [5.74, 6) is 1.57. The van der Waals surface area contributed by atoms with E-state index in [0.717, 1.165) is 32.1 Å². The minimum absolute atomic E-state index is 0.106. The fourth-order valence-corrected chi connectivity index (χ4v) is 5.86. The number of ether oxygens (including phenoxy) is 1. The largest absolute Gasteiger partial charge is 0.478 e. The topological polar surface area (TPSA) is 81.4 Å². The van der Waals surface area contributed by atoms with E-state index in [1.165, 1.54) is 0 Å².